The van der Waals surface area contributed by atoms with Crippen molar-refractivity contribution in [1.82, 2.24) is 0 Å². The maximum absolute atomic E-state index is 10.9. The molecule has 4 nitrogen and oxygen atoms in total. The summed E-state index contributed by atoms with van der Waals surface area (Å²) in [6, 6.07) is 0. The third-order valence-electron chi connectivity index (χ3n) is 3.48. The van der Waals surface area contributed by atoms with Crippen LogP contribution in [-0.4, -0.2) is 33.2 Å². The Morgan fingerprint density at radius 1 is 1.11 bits per heavy atom. The average molecular weight is 276 g/mol. The number of aliphatic carboxylic acids is 2. The number of carboxylic acids is 2. The maximum atomic E-state index is 10.9. The summed E-state index contributed by atoms with van der Waals surface area (Å²) in [5.74, 6) is 0.331. The van der Waals surface area contributed by atoms with Crippen LogP contribution in [0.3, 0.4) is 0 Å². The summed E-state index contributed by atoms with van der Waals surface area (Å²) < 4.78 is 0. The number of carbonyl (C=O) groups is 2. The molecular formula is C13H24O4S. The van der Waals surface area contributed by atoms with E-state index in [4.69, 9.17) is 10.2 Å². The SMILES string of the molecule is CC(C)C(C)C(C)CCSC(CC(=O)O)C(=O)O. The fourth-order valence-corrected chi connectivity index (χ4v) is 2.89. The van der Waals surface area contributed by atoms with Crippen LogP contribution in [0, 0.1) is 17.8 Å². The van der Waals surface area contributed by atoms with Gasteiger partial charge in [-0.2, -0.15) is 0 Å². The van der Waals surface area contributed by atoms with Crippen LogP contribution in [0.2, 0.25) is 0 Å². The van der Waals surface area contributed by atoms with E-state index in [0.29, 0.717) is 23.5 Å². The molecule has 3 atom stereocenters. The topological polar surface area (TPSA) is 74.6 Å². The number of hydrogen-bond donors (Lipinski definition) is 2. The summed E-state index contributed by atoms with van der Waals surface area (Å²) >= 11 is 1.24. The molecule has 0 saturated carbocycles. The lowest BCUT2D eigenvalue weighted by Crippen LogP contribution is -2.21. The van der Waals surface area contributed by atoms with Crippen molar-refractivity contribution < 1.29 is 19.8 Å². The molecule has 0 bridgehead atoms. The molecule has 18 heavy (non-hydrogen) atoms. The molecule has 106 valence electrons. The Morgan fingerprint density at radius 3 is 2.06 bits per heavy atom. The first kappa shape index (κ1) is 17.3. The van der Waals surface area contributed by atoms with E-state index in [-0.39, 0.29) is 6.42 Å². The molecule has 0 amide bonds. The van der Waals surface area contributed by atoms with Crippen LogP contribution in [-0.2, 0) is 9.59 Å². The summed E-state index contributed by atoms with van der Waals surface area (Å²) in [7, 11) is 0. The highest BCUT2D eigenvalue weighted by atomic mass is 32.2. The van der Waals surface area contributed by atoms with Crippen molar-refractivity contribution in [3.8, 4) is 0 Å². The van der Waals surface area contributed by atoms with Gasteiger partial charge in [0.05, 0.1) is 6.42 Å². The highest BCUT2D eigenvalue weighted by Gasteiger charge is 2.22. The zero-order valence-corrected chi connectivity index (χ0v) is 12.4. The van der Waals surface area contributed by atoms with Gasteiger partial charge in [-0.15, -0.1) is 11.8 Å². The molecule has 0 aliphatic heterocycles. The summed E-state index contributed by atoms with van der Waals surface area (Å²) in [4.78, 5) is 21.4. The molecule has 5 heteroatoms. The van der Waals surface area contributed by atoms with Crippen LogP contribution < -0.4 is 0 Å². The molecule has 0 aliphatic carbocycles. The van der Waals surface area contributed by atoms with Crippen LogP contribution in [0.5, 0.6) is 0 Å². The van der Waals surface area contributed by atoms with E-state index in [1.54, 1.807) is 0 Å². The Bertz CT molecular complexity index is 278. The van der Waals surface area contributed by atoms with Gasteiger partial charge >= 0.3 is 11.9 Å². The first-order valence-corrected chi connectivity index (χ1v) is 7.36. The Kier molecular flexibility index (Phi) is 8.07. The zero-order valence-electron chi connectivity index (χ0n) is 11.5. The Labute approximate surface area is 113 Å². The van der Waals surface area contributed by atoms with Gasteiger partial charge < -0.3 is 10.2 Å². The molecule has 0 radical (unpaired) electrons. The largest absolute Gasteiger partial charge is 0.481 e. The molecule has 2 N–H and O–H groups in total. The smallest absolute Gasteiger partial charge is 0.317 e. The van der Waals surface area contributed by atoms with Crippen molar-refractivity contribution in [1.29, 1.82) is 0 Å². The fraction of sp³-hybridized carbons (Fsp3) is 0.846. The maximum Gasteiger partial charge on any atom is 0.317 e. The van der Waals surface area contributed by atoms with Crippen LogP contribution in [0.4, 0.5) is 0 Å². The predicted molar refractivity (Wildman–Crippen MR) is 73.9 cm³/mol. The van der Waals surface area contributed by atoms with Gasteiger partial charge in [-0.1, -0.05) is 27.7 Å². The second-order valence-corrected chi connectivity index (χ2v) is 6.48. The molecule has 3 unspecified atom stereocenters. The number of thioether (sulfide) groups is 1. The third-order valence-corrected chi connectivity index (χ3v) is 4.72. The normalized spacial score (nSPS) is 16.3. The quantitative estimate of drug-likeness (QED) is 0.677. The number of hydrogen-bond acceptors (Lipinski definition) is 3. The summed E-state index contributed by atoms with van der Waals surface area (Å²) in [5, 5.41) is 16.7. The highest BCUT2D eigenvalue weighted by Crippen LogP contribution is 2.26. The lowest BCUT2D eigenvalue weighted by Gasteiger charge is -2.23. The minimum absolute atomic E-state index is 0.311. The van der Waals surface area contributed by atoms with Crippen LogP contribution in [0.25, 0.3) is 0 Å². The summed E-state index contributed by atoms with van der Waals surface area (Å²) in [5.41, 5.74) is 0. The zero-order chi connectivity index (χ0) is 14.3. The first-order valence-electron chi connectivity index (χ1n) is 6.31. The van der Waals surface area contributed by atoms with Gasteiger partial charge in [0.2, 0.25) is 0 Å². The highest BCUT2D eigenvalue weighted by molar-refractivity contribution is 8.00. The molecular weight excluding hydrogens is 252 g/mol. The van der Waals surface area contributed by atoms with E-state index >= 15 is 0 Å². The van der Waals surface area contributed by atoms with Crippen molar-refractivity contribution in [2.24, 2.45) is 17.8 Å². The van der Waals surface area contributed by atoms with E-state index in [0.717, 1.165) is 6.42 Å². The van der Waals surface area contributed by atoms with Gasteiger partial charge in [0.25, 0.3) is 0 Å². The average Bonchev–Trinajstić information content (AvgIpc) is 2.25. The Morgan fingerprint density at radius 2 is 1.67 bits per heavy atom. The first-order chi connectivity index (χ1) is 8.25. The third kappa shape index (κ3) is 6.89. The minimum Gasteiger partial charge on any atom is -0.481 e. The van der Waals surface area contributed by atoms with Gasteiger partial charge in [-0.25, -0.2) is 0 Å². The van der Waals surface area contributed by atoms with E-state index in [1.165, 1.54) is 11.8 Å². The standard InChI is InChI=1S/C13H24O4S/c1-8(2)10(4)9(3)5-6-18-11(13(16)17)7-12(14)15/h8-11H,5-7H2,1-4H3,(H,14,15)(H,16,17). The van der Waals surface area contributed by atoms with Crippen molar-refractivity contribution in [2.45, 2.75) is 45.8 Å². The lowest BCUT2D eigenvalue weighted by atomic mass is 9.85. The number of rotatable bonds is 9. The Balaban J connectivity index is 4.06. The molecule has 0 rings (SSSR count). The van der Waals surface area contributed by atoms with Gasteiger partial charge in [0, 0.05) is 0 Å². The molecule has 0 aromatic carbocycles. The molecule has 0 fully saturated rings. The number of carboxylic acid groups (broad SMARTS) is 2. The lowest BCUT2D eigenvalue weighted by molar-refractivity contribution is -0.142. The van der Waals surface area contributed by atoms with E-state index in [1.807, 2.05) is 0 Å². The van der Waals surface area contributed by atoms with Gasteiger partial charge in [0.15, 0.2) is 0 Å². The fourth-order valence-electron chi connectivity index (χ4n) is 1.69. The monoisotopic (exact) mass is 276 g/mol. The molecule has 0 spiro atoms. The Hall–Kier alpha value is -0.710. The van der Waals surface area contributed by atoms with E-state index in [9.17, 15) is 9.59 Å². The van der Waals surface area contributed by atoms with Crippen LogP contribution in [0.15, 0.2) is 0 Å². The van der Waals surface area contributed by atoms with Gasteiger partial charge in [0.1, 0.15) is 5.25 Å². The van der Waals surface area contributed by atoms with Crippen LogP contribution in [0.1, 0.15) is 40.5 Å². The second-order valence-electron chi connectivity index (χ2n) is 5.16. The molecule has 0 heterocycles. The molecule has 0 aliphatic rings. The predicted octanol–water partition coefficient (Wildman–Crippen LogP) is 2.97. The summed E-state index contributed by atoms with van der Waals surface area (Å²) in [6.45, 7) is 8.72. The minimum atomic E-state index is -1.06. The second kappa shape index (κ2) is 8.40. The van der Waals surface area contributed by atoms with E-state index < -0.39 is 17.2 Å². The summed E-state index contributed by atoms with van der Waals surface area (Å²) in [6.07, 6.45) is 0.613. The molecule has 0 saturated heterocycles. The van der Waals surface area contributed by atoms with E-state index in [2.05, 4.69) is 27.7 Å². The van der Waals surface area contributed by atoms with Crippen molar-refractivity contribution in [2.75, 3.05) is 5.75 Å². The van der Waals surface area contributed by atoms with Gasteiger partial charge in [-0.05, 0) is 29.9 Å². The van der Waals surface area contributed by atoms with Crippen LogP contribution >= 0.6 is 11.8 Å². The van der Waals surface area contributed by atoms with Crippen molar-refractivity contribution >= 4 is 23.7 Å². The van der Waals surface area contributed by atoms with Crippen molar-refractivity contribution in [3.05, 3.63) is 0 Å². The molecule has 0 aromatic heterocycles. The molecule has 0 aromatic rings. The van der Waals surface area contributed by atoms with Crippen molar-refractivity contribution in [3.63, 3.8) is 0 Å². The van der Waals surface area contributed by atoms with Gasteiger partial charge in [-0.3, -0.25) is 9.59 Å².